The molecule has 4 heteroatoms. The van der Waals surface area contributed by atoms with E-state index >= 15 is 0 Å². The number of ether oxygens (including phenoxy) is 1. The van der Waals surface area contributed by atoms with Crippen molar-refractivity contribution in [3.05, 3.63) is 59.4 Å². The molecule has 4 nitrogen and oxygen atoms in total. The van der Waals surface area contributed by atoms with Gasteiger partial charge in [0.1, 0.15) is 5.75 Å². The Hall–Kier alpha value is -2.36. The lowest BCUT2D eigenvalue weighted by molar-refractivity contribution is 0.0827. The van der Waals surface area contributed by atoms with Crippen LogP contribution in [0.1, 0.15) is 28.0 Å². The highest BCUT2D eigenvalue weighted by molar-refractivity contribution is 5.93. The second-order valence-corrected chi connectivity index (χ2v) is 6.26. The third-order valence-electron chi connectivity index (χ3n) is 4.24. The van der Waals surface area contributed by atoms with Crippen molar-refractivity contribution in [2.75, 3.05) is 20.7 Å². The van der Waals surface area contributed by atoms with E-state index in [1.165, 1.54) is 5.56 Å². The predicted molar refractivity (Wildman–Crippen MR) is 89.7 cm³/mol. The molecule has 0 saturated heterocycles. The molecule has 1 aromatic heterocycles. The summed E-state index contributed by atoms with van der Waals surface area (Å²) in [5, 5.41) is 0. The molecule has 1 atom stereocenters. The fraction of sp³-hybridized carbons (Fsp3) is 0.368. The summed E-state index contributed by atoms with van der Waals surface area (Å²) in [5.41, 5.74) is 2.94. The summed E-state index contributed by atoms with van der Waals surface area (Å²) in [5.74, 6) is 1.51. The monoisotopic (exact) mass is 310 g/mol. The summed E-state index contributed by atoms with van der Waals surface area (Å²) in [6.07, 6.45) is 4.62. The van der Waals surface area contributed by atoms with Gasteiger partial charge in [0.05, 0.1) is 12.2 Å². The molecule has 23 heavy (non-hydrogen) atoms. The zero-order chi connectivity index (χ0) is 16.2. The lowest BCUT2D eigenvalue weighted by Crippen LogP contribution is -2.21. The number of hydrogen-bond acceptors (Lipinski definition) is 3. The van der Waals surface area contributed by atoms with E-state index in [2.05, 4.69) is 17.1 Å². The number of pyridine rings is 1. The molecule has 1 aliphatic rings. The second-order valence-electron chi connectivity index (χ2n) is 6.26. The van der Waals surface area contributed by atoms with Crippen LogP contribution in [0.25, 0.3) is 0 Å². The summed E-state index contributed by atoms with van der Waals surface area (Å²) in [7, 11) is 3.50. The molecule has 1 amide bonds. The van der Waals surface area contributed by atoms with E-state index in [4.69, 9.17) is 4.74 Å². The number of para-hydroxylation sites is 1. The van der Waals surface area contributed by atoms with Crippen LogP contribution >= 0.6 is 0 Å². The first kappa shape index (κ1) is 15.5. The van der Waals surface area contributed by atoms with Gasteiger partial charge in [-0.2, -0.15) is 0 Å². The molecule has 2 heterocycles. The van der Waals surface area contributed by atoms with E-state index in [-0.39, 0.29) is 5.91 Å². The molecule has 2 aromatic rings. The Morgan fingerprint density at radius 2 is 2.09 bits per heavy atom. The van der Waals surface area contributed by atoms with E-state index in [9.17, 15) is 4.79 Å². The van der Waals surface area contributed by atoms with Crippen molar-refractivity contribution in [3.8, 4) is 5.75 Å². The van der Waals surface area contributed by atoms with Crippen molar-refractivity contribution in [3.63, 3.8) is 0 Å². The molecule has 1 aliphatic heterocycles. The first-order valence-electron chi connectivity index (χ1n) is 8.01. The van der Waals surface area contributed by atoms with Gasteiger partial charge in [-0.3, -0.25) is 9.78 Å². The van der Waals surface area contributed by atoms with Gasteiger partial charge in [-0.15, -0.1) is 0 Å². The SMILES string of the molecule is CN(C)C(=O)c1ccc(C[C@@H]2CCOc3ccccc3C2)nc1. The lowest BCUT2D eigenvalue weighted by atomic mass is 9.92. The van der Waals surface area contributed by atoms with Crippen LogP contribution in [-0.2, 0) is 12.8 Å². The predicted octanol–water partition coefficient (Wildman–Crippen LogP) is 2.97. The van der Waals surface area contributed by atoms with E-state index in [1.54, 1.807) is 25.2 Å². The number of rotatable bonds is 3. The quantitative estimate of drug-likeness (QED) is 0.875. The molecule has 0 unspecified atom stereocenters. The van der Waals surface area contributed by atoms with E-state index in [0.717, 1.165) is 37.3 Å². The van der Waals surface area contributed by atoms with Crippen LogP contribution in [0.2, 0.25) is 0 Å². The topological polar surface area (TPSA) is 42.4 Å². The van der Waals surface area contributed by atoms with Crippen molar-refractivity contribution in [1.82, 2.24) is 9.88 Å². The third-order valence-corrected chi connectivity index (χ3v) is 4.24. The Bertz CT molecular complexity index is 680. The Labute approximate surface area is 137 Å². The number of nitrogens with zero attached hydrogens (tertiary/aromatic N) is 2. The minimum Gasteiger partial charge on any atom is -0.493 e. The highest BCUT2D eigenvalue weighted by Crippen LogP contribution is 2.28. The van der Waals surface area contributed by atoms with E-state index < -0.39 is 0 Å². The molecule has 3 rings (SSSR count). The number of benzene rings is 1. The van der Waals surface area contributed by atoms with Gasteiger partial charge in [-0.1, -0.05) is 18.2 Å². The number of carbonyl (C=O) groups excluding carboxylic acids is 1. The standard InChI is InChI=1S/C19H22N2O2/c1-21(2)19(22)16-7-8-17(20-13-16)12-14-9-10-23-18-6-4-3-5-15(18)11-14/h3-8,13-14H,9-12H2,1-2H3/t14-/m1/s1. The van der Waals surface area contributed by atoms with E-state index in [1.807, 2.05) is 24.3 Å². The Balaban J connectivity index is 1.69. The van der Waals surface area contributed by atoms with Gasteiger partial charge in [0.15, 0.2) is 0 Å². The summed E-state index contributed by atoms with van der Waals surface area (Å²) in [4.78, 5) is 17.9. The molecule has 0 saturated carbocycles. The summed E-state index contributed by atoms with van der Waals surface area (Å²) < 4.78 is 5.82. The first-order valence-corrected chi connectivity index (χ1v) is 8.01. The van der Waals surface area contributed by atoms with Crippen LogP contribution in [0.15, 0.2) is 42.6 Å². The van der Waals surface area contributed by atoms with Gasteiger partial charge in [0.2, 0.25) is 0 Å². The normalized spacial score (nSPS) is 16.9. The fourth-order valence-electron chi connectivity index (χ4n) is 2.96. The minimum absolute atomic E-state index is 0.0131. The van der Waals surface area contributed by atoms with Gasteiger partial charge in [0.25, 0.3) is 5.91 Å². The molecule has 120 valence electrons. The number of aromatic nitrogens is 1. The van der Waals surface area contributed by atoms with Crippen molar-refractivity contribution in [1.29, 1.82) is 0 Å². The fourth-order valence-corrected chi connectivity index (χ4v) is 2.96. The van der Waals surface area contributed by atoms with Crippen molar-refractivity contribution < 1.29 is 9.53 Å². The molecular formula is C19H22N2O2. The minimum atomic E-state index is -0.0131. The Morgan fingerprint density at radius 3 is 2.83 bits per heavy atom. The van der Waals surface area contributed by atoms with Crippen molar-refractivity contribution in [2.24, 2.45) is 5.92 Å². The molecule has 1 aromatic carbocycles. The van der Waals surface area contributed by atoms with Crippen LogP contribution in [0.4, 0.5) is 0 Å². The molecule has 0 radical (unpaired) electrons. The van der Waals surface area contributed by atoms with Gasteiger partial charge >= 0.3 is 0 Å². The van der Waals surface area contributed by atoms with Crippen molar-refractivity contribution >= 4 is 5.91 Å². The Morgan fingerprint density at radius 1 is 1.26 bits per heavy atom. The Kier molecular flexibility index (Phi) is 4.60. The van der Waals surface area contributed by atoms with Gasteiger partial charge in [0, 0.05) is 26.0 Å². The molecule has 0 bridgehead atoms. The average Bonchev–Trinajstić information content (AvgIpc) is 2.76. The summed E-state index contributed by atoms with van der Waals surface area (Å²) in [6, 6.07) is 12.1. The summed E-state index contributed by atoms with van der Waals surface area (Å²) >= 11 is 0. The van der Waals surface area contributed by atoms with Gasteiger partial charge < -0.3 is 9.64 Å². The molecule has 0 N–H and O–H groups in total. The van der Waals surface area contributed by atoms with Crippen LogP contribution in [0.5, 0.6) is 5.75 Å². The van der Waals surface area contributed by atoms with Crippen LogP contribution in [0.3, 0.4) is 0 Å². The average molecular weight is 310 g/mol. The zero-order valence-corrected chi connectivity index (χ0v) is 13.7. The smallest absolute Gasteiger partial charge is 0.254 e. The van der Waals surface area contributed by atoms with Crippen LogP contribution < -0.4 is 4.74 Å². The number of hydrogen-bond donors (Lipinski definition) is 0. The number of carbonyl (C=O) groups is 1. The molecule has 0 spiro atoms. The highest BCUT2D eigenvalue weighted by Gasteiger charge is 2.18. The maximum atomic E-state index is 11.9. The number of fused-ring (bicyclic) bond motifs is 1. The third kappa shape index (κ3) is 3.70. The van der Waals surface area contributed by atoms with Gasteiger partial charge in [-0.25, -0.2) is 0 Å². The lowest BCUT2D eigenvalue weighted by Gasteiger charge is -2.14. The first-order chi connectivity index (χ1) is 11.1. The second kappa shape index (κ2) is 6.82. The van der Waals surface area contributed by atoms with Crippen LogP contribution in [0, 0.1) is 5.92 Å². The van der Waals surface area contributed by atoms with Crippen molar-refractivity contribution in [2.45, 2.75) is 19.3 Å². The molecule has 0 aliphatic carbocycles. The number of amides is 1. The van der Waals surface area contributed by atoms with Gasteiger partial charge in [-0.05, 0) is 48.9 Å². The maximum absolute atomic E-state index is 11.9. The van der Waals surface area contributed by atoms with Crippen LogP contribution in [-0.4, -0.2) is 36.5 Å². The molecular weight excluding hydrogens is 288 g/mol. The summed E-state index contributed by atoms with van der Waals surface area (Å²) in [6.45, 7) is 0.749. The largest absolute Gasteiger partial charge is 0.493 e. The van der Waals surface area contributed by atoms with E-state index in [0.29, 0.717) is 11.5 Å². The molecule has 0 fully saturated rings. The maximum Gasteiger partial charge on any atom is 0.254 e. The zero-order valence-electron chi connectivity index (χ0n) is 13.7. The highest BCUT2D eigenvalue weighted by atomic mass is 16.5.